The van der Waals surface area contributed by atoms with Gasteiger partial charge in [-0.3, -0.25) is 0 Å². The van der Waals surface area contributed by atoms with Crippen molar-refractivity contribution in [1.29, 1.82) is 0 Å². The van der Waals surface area contributed by atoms with Gasteiger partial charge in [-0.2, -0.15) is 0 Å². The maximum absolute atomic E-state index is 5.38. The lowest BCUT2D eigenvalue weighted by Gasteiger charge is -2.12. The second kappa shape index (κ2) is 4.87. The summed E-state index contributed by atoms with van der Waals surface area (Å²) in [6.07, 6.45) is 0. The summed E-state index contributed by atoms with van der Waals surface area (Å²) in [4.78, 5) is 0. The van der Waals surface area contributed by atoms with Crippen LogP contribution in [0.2, 0.25) is 0 Å². The zero-order valence-corrected chi connectivity index (χ0v) is 11.6. The minimum atomic E-state index is -0.00299. The molecule has 1 atom stereocenters. The molecule has 0 saturated heterocycles. The van der Waals surface area contributed by atoms with E-state index in [0.717, 1.165) is 10.2 Å². The summed E-state index contributed by atoms with van der Waals surface area (Å²) in [6, 6.07) is 6.10. The molecule has 2 rings (SSSR count). The molecule has 0 radical (unpaired) electrons. The van der Waals surface area contributed by atoms with Crippen molar-refractivity contribution in [3.8, 4) is 0 Å². The van der Waals surface area contributed by atoms with E-state index in [1.807, 2.05) is 19.1 Å². The third-order valence-corrected chi connectivity index (χ3v) is 3.34. The summed E-state index contributed by atoms with van der Waals surface area (Å²) in [6.45, 7) is 5.83. The maximum atomic E-state index is 5.38. The third kappa shape index (κ3) is 2.85. The van der Waals surface area contributed by atoms with Gasteiger partial charge in [0, 0.05) is 17.1 Å². The molecule has 5 heteroatoms. The first-order valence-electron chi connectivity index (χ1n) is 5.39. The molecule has 0 spiro atoms. The Morgan fingerprint density at radius 3 is 2.65 bits per heavy atom. The Labute approximate surface area is 109 Å². The van der Waals surface area contributed by atoms with Crippen LogP contribution >= 0.6 is 15.9 Å². The Bertz CT molecular complexity index is 524. The maximum Gasteiger partial charge on any atom is 0.238 e. The van der Waals surface area contributed by atoms with Crippen molar-refractivity contribution in [2.24, 2.45) is 0 Å². The Kier molecular flexibility index (Phi) is 3.47. The monoisotopic (exact) mass is 295 g/mol. The Hall–Kier alpha value is -1.36. The molecule has 0 fully saturated rings. The second-order valence-electron chi connectivity index (χ2n) is 3.99. The molecule has 90 valence electrons. The van der Waals surface area contributed by atoms with Crippen LogP contribution < -0.4 is 5.32 Å². The first-order chi connectivity index (χ1) is 8.06. The van der Waals surface area contributed by atoms with Gasteiger partial charge in [-0.25, -0.2) is 0 Å². The summed E-state index contributed by atoms with van der Waals surface area (Å²) >= 11 is 3.48. The van der Waals surface area contributed by atoms with Crippen LogP contribution in [0.25, 0.3) is 0 Å². The first kappa shape index (κ1) is 12.1. The molecule has 1 N–H and O–H groups in total. The molecule has 1 aromatic carbocycles. The van der Waals surface area contributed by atoms with Crippen LogP contribution in [0.4, 0.5) is 5.69 Å². The molecule has 0 aliphatic rings. The molecule has 0 aliphatic carbocycles. The van der Waals surface area contributed by atoms with Crippen LogP contribution in [0.5, 0.6) is 0 Å². The lowest BCUT2D eigenvalue weighted by atomic mass is 10.2. The molecule has 0 bridgehead atoms. The predicted octanol–water partition coefficient (Wildman–Crippen LogP) is 3.62. The van der Waals surface area contributed by atoms with Crippen molar-refractivity contribution in [3.05, 3.63) is 40.0 Å². The molecule has 1 heterocycles. The zero-order chi connectivity index (χ0) is 12.4. The van der Waals surface area contributed by atoms with Crippen molar-refractivity contribution in [2.75, 3.05) is 5.32 Å². The van der Waals surface area contributed by atoms with Gasteiger partial charge in [0.2, 0.25) is 11.8 Å². The van der Waals surface area contributed by atoms with E-state index in [-0.39, 0.29) is 6.04 Å². The van der Waals surface area contributed by atoms with E-state index in [0.29, 0.717) is 11.8 Å². The highest BCUT2D eigenvalue weighted by Crippen LogP contribution is 2.23. The van der Waals surface area contributed by atoms with Crippen LogP contribution in [0.3, 0.4) is 0 Å². The Morgan fingerprint density at radius 2 is 2.06 bits per heavy atom. The summed E-state index contributed by atoms with van der Waals surface area (Å²) in [7, 11) is 0. The van der Waals surface area contributed by atoms with E-state index in [1.54, 1.807) is 6.92 Å². The van der Waals surface area contributed by atoms with Gasteiger partial charge < -0.3 is 9.73 Å². The summed E-state index contributed by atoms with van der Waals surface area (Å²) in [5, 5.41) is 11.1. The molecular weight excluding hydrogens is 282 g/mol. The molecule has 0 unspecified atom stereocenters. The summed E-state index contributed by atoms with van der Waals surface area (Å²) < 4.78 is 6.48. The van der Waals surface area contributed by atoms with Gasteiger partial charge in [-0.05, 0) is 37.6 Å². The molecule has 0 saturated carbocycles. The fourth-order valence-corrected chi connectivity index (χ4v) is 1.78. The smallest absolute Gasteiger partial charge is 0.238 e. The molecule has 0 aliphatic heterocycles. The van der Waals surface area contributed by atoms with Gasteiger partial charge in [0.1, 0.15) is 6.04 Å². The van der Waals surface area contributed by atoms with Crippen molar-refractivity contribution < 1.29 is 4.42 Å². The quantitative estimate of drug-likeness (QED) is 0.939. The topological polar surface area (TPSA) is 51.0 Å². The summed E-state index contributed by atoms with van der Waals surface area (Å²) in [5.41, 5.74) is 2.22. The van der Waals surface area contributed by atoms with Gasteiger partial charge in [0.25, 0.3) is 0 Å². The van der Waals surface area contributed by atoms with Gasteiger partial charge in [-0.15, -0.1) is 10.2 Å². The second-order valence-corrected chi connectivity index (χ2v) is 4.84. The lowest BCUT2D eigenvalue weighted by molar-refractivity contribution is 0.451. The van der Waals surface area contributed by atoms with Gasteiger partial charge in [0.05, 0.1) is 0 Å². The number of hydrogen-bond donors (Lipinski definition) is 1. The number of nitrogens with zero attached hydrogens (tertiary/aromatic N) is 2. The normalized spacial score (nSPS) is 12.5. The van der Waals surface area contributed by atoms with Gasteiger partial charge >= 0.3 is 0 Å². The number of rotatable bonds is 3. The van der Waals surface area contributed by atoms with E-state index in [9.17, 15) is 0 Å². The summed E-state index contributed by atoms with van der Waals surface area (Å²) in [5.74, 6) is 1.18. The number of benzene rings is 1. The number of anilines is 1. The lowest BCUT2D eigenvalue weighted by Crippen LogP contribution is -2.07. The number of aryl methyl sites for hydroxylation is 2. The Balaban J connectivity index is 2.12. The number of hydrogen-bond acceptors (Lipinski definition) is 4. The average molecular weight is 296 g/mol. The van der Waals surface area contributed by atoms with E-state index < -0.39 is 0 Å². The SMILES string of the molecule is Cc1nnc([C@H](C)Nc2ccc(Br)c(C)c2)o1. The highest BCUT2D eigenvalue weighted by molar-refractivity contribution is 9.10. The van der Waals surface area contributed by atoms with E-state index in [1.165, 1.54) is 5.56 Å². The third-order valence-electron chi connectivity index (χ3n) is 2.45. The van der Waals surface area contributed by atoms with E-state index in [4.69, 9.17) is 4.42 Å². The van der Waals surface area contributed by atoms with Gasteiger partial charge in [0.15, 0.2) is 0 Å². The molecule has 2 aromatic rings. The first-order valence-corrected chi connectivity index (χ1v) is 6.18. The van der Waals surface area contributed by atoms with Crippen LogP contribution in [-0.2, 0) is 0 Å². The average Bonchev–Trinajstić information content (AvgIpc) is 2.70. The van der Waals surface area contributed by atoms with Crippen molar-refractivity contribution >= 4 is 21.6 Å². The standard InChI is InChI=1S/C12H14BrN3O/c1-7-6-10(4-5-11(7)13)14-8(2)12-16-15-9(3)17-12/h4-6,8,14H,1-3H3/t8-/m0/s1. The Morgan fingerprint density at radius 1 is 1.29 bits per heavy atom. The zero-order valence-electron chi connectivity index (χ0n) is 9.99. The van der Waals surface area contributed by atoms with Crippen LogP contribution in [0.15, 0.2) is 27.1 Å². The molecule has 17 heavy (non-hydrogen) atoms. The minimum Gasteiger partial charge on any atom is -0.423 e. The van der Waals surface area contributed by atoms with Gasteiger partial charge in [-0.1, -0.05) is 15.9 Å². The molecular formula is C12H14BrN3O. The number of nitrogens with one attached hydrogen (secondary N) is 1. The predicted molar refractivity (Wildman–Crippen MR) is 70.0 cm³/mol. The van der Waals surface area contributed by atoms with Crippen LogP contribution in [0, 0.1) is 13.8 Å². The van der Waals surface area contributed by atoms with Crippen molar-refractivity contribution in [2.45, 2.75) is 26.8 Å². The van der Waals surface area contributed by atoms with Crippen molar-refractivity contribution in [1.82, 2.24) is 10.2 Å². The highest BCUT2D eigenvalue weighted by atomic mass is 79.9. The molecule has 4 nitrogen and oxygen atoms in total. The fourth-order valence-electron chi connectivity index (χ4n) is 1.53. The highest BCUT2D eigenvalue weighted by Gasteiger charge is 2.12. The van der Waals surface area contributed by atoms with E-state index >= 15 is 0 Å². The number of aromatic nitrogens is 2. The fraction of sp³-hybridized carbons (Fsp3) is 0.333. The largest absolute Gasteiger partial charge is 0.423 e. The number of halogens is 1. The van der Waals surface area contributed by atoms with E-state index in [2.05, 4.69) is 44.4 Å². The molecule has 1 aromatic heterocycles. The van der Waals surface area contributed by atoms with Crippen LogP contribution in [-0.4, -0.2) is 10.2 Å². The minimum absolute atomic E-state index is 0.00299. The van der Waals surface area contributed by atoms with Crippen molar-refractivity contribution in [3.63, 3.8) is 0 Å². The van der Waals surface area contributed by atoms with Crippen LogP contribution in [0.1, 0.15) is 30.3 Å². The molecule has 0 amide bonds.